The van der Waals surface area contributed by atoms with Crippen molar-refractivity contribution >= 4 is 68.1 Å². The lowest BCUT2D eigenvalue weighted by atomic mass is 10.1. The molecule has 0 unspecified atom stereocenters. The Hall–Kier alpha value is -5.53. The van der Waals surface area contributed by atoms with Crippen molar-refractivity contribution in [3.63, 3.8) is 0 Å². The summed E-state index contributed by atoms with van der Waals surface area (Å²) in [6.07, 6.45) is -0.0695. The zero-order valence-electron chi connectivity index (χ0n) is 24.2. The van der Waals surface area contributed by atoms with Crippen LogP contribution < -0.4 is 14.5 Å². The van der Waals surface area contributed by atoms with Crippen LogP contribution in [-0.4, -0.2) is 49.7 Å². The van der Waals surface area contributed by atoms with E-state index in [1.165, 1.54) is 52.3 Å². The number of rotatable bonds is 5. The molecule has 4 aromatic carbocycles. The molecule has 0 N–H and O–H groups in total. The highest BCUT2D eigenvalue weighted by Crippen LogP contribution is 2.41. The Labute approximate surface area is 272 Å². The molecular formula is C33H22ClN3O9S. The van der Waals surface area contributed by atoms with Crippen LogP contribution in [0, 0.1) is 0 Å². The molecule has 4 amide bonds. The Balaban J connectivity index is 1.23. The molecule has 47 heavy (non-hydrogen) atoms. The van der Waals surface area contributed by atoms with Crippen molar-refractivity contribution < 1.29 is 42.0 Å². The number of halogens is 1. The molecule has 0 radical (unpaired) electrons. The molecule has 12 nitrogen and oxygen atoms in total. The normalized spacial score (nSPS) is 16.5. The number of amides is 4. The van der Waals surface area contributed by atoms with Crippen LogP contribution in [0.15, 0.2) is 94.7 Å². The predicted molar refractivity (Wildman–Crippen MR) is 166 cm³/mol. The number of hydrogen-bond donors (Lipinski definition) is 0. The number of sulfone groups is 1. The molecule has 1 fully saturated rings. The van der Waals surface area contributed by atoms with Gasteiger partial charge in [-0.05, 0) is 78.4 Å². The number of fused-ring (bicyclic) bond motifs is 4. The first kappa shape index (κ1) is 30.1. The summed E-state index contributed by atoms with van der Waals surface area (Å²) in [4.78, 5) is 70.9. The van der Waals surface area contributed by atoms with Crippen LogP contribution in [0.4, 0.5) is 17.1 Å². The lowest BCUT2D eigenvalue weighted by Gasteiger charge is -2.29. The summed E-state index contributed by atoms with van der Waals surface area (Å²) >= 11 is 6.52. The third-order valence-electron chi connectivity index (χ3n) is 7.83. The molecule has 4 bridgehead atoms. The van der Waals surface area contributed by atoms with E-state index in [0.29, 0.717) is 22.0 Å². The van der Waals surface area contributed by atoms with Gasteiger partial charge in [0, 0.05) is 29.1 Å². The fourth-order valence-corrected chi connectivity index (χ4v) is 7.55. The van der Waals surface area contributed by atoms with Crippen LogP contribution in [-0.2, 0) is 35.6 Å². The molecule has 4 aromatic rings. The number of ether oxygens (including phenoxy) is 1. The van der Waals surface area contributed by atoms with Crippen molar-refractivity contribution in [2.45, 2.75) is 29.2 Å². The van der Waals surface area contributed by atoms with Gasteiger partial charge in [0.05, 0.1) is 33.3 Å². The van der Waals surface area contributed by atoms with Crippen LogP contribution >= 0.6 is 11.6 Å². The Bertz CT molecular complexity index is 2130. The van der Waals surface area contributed by atoms with Gasteiger partial charge in [0.1, 0.15) is 5.75 Å². The molecule has 3 aliphatic heterocycles. The minimum Gasteiger partial charge on any atom is -0.482 e. The van der Waals surface area contributed by atoms with Crippen molar-refractivity contribution in [2.24, 2.45) is 0 Å². The topological polar surface area (TPSA) is 148 Å². The maximum Gasteiger partial charge on any atom is 0.370 e. The molecule has 7 rings (SSSR count). The van der Waals surface area contributed by atoms with Gasteiger partial charge in [-0.1, -0.05) is 23.7 Å². The summed E-state index contributed by atoms with van der Waals surface area (Å²) in [5.74, 6) is -3.01. The minimum atomic E-state index is -4.12. The number of hydroxylamine groups is 2. The SMILES string of the molecule is O=C(COc1ccc(N2C(=O)c3ccc4c(c3)N(Cc3cc(Cl)cc2c3)C(=O)c2ccccc2S4(=O)=O)cc1)ON1C(=O)CCC1=O. The lowest BCUT2D eigenvalue weighted by molar-refractivity contribution is -0.198. The number of imide groups is 1. The van der Waals surface area contributed by atoms with Crippen molar-refractivity contribution in [1.82, 2.24) is 5.06 Å². The van der Waals surface area contributed by atoms with Gasteiger partial charge in [-0.3, -0.25) is 24.1 Å². The second-order valence-corrected chi connectivity index (χ2v) is 13.2. The zero-order chi connectivity index (χ0) is 33.0. The van der Waals surface area contributed by atoms with Gasteiger partial charge in [-0.25, -0.2) is 13.2 Å². The molecule has 0 atom stereocenters. The van der Waals surface area contributed by atoms with Gasteiger partial charge in [0.2, 0.25) is 9.84 Å². The van der Waals surface area contributed by atoms with Gasteiger partial charge in [-0.15, -0.1) is 5.06 Å². The van der Waals surface area contributed by atoms with E-state index in [0.717, 1.165) is 0 Å². The van der Waals surface area contributed by atoms with Crippen molar-refractivity contribution in [3.8, 4) is 5.75 Å². The Morgan fingerprint density at radius 3 is 2.26 bits per heavy atom. The third-order valence-corrected chi connectivity index (χ3v) is 9.91. The van der Waals surface area contributed by atoms with Crippen molar-refractivity contribution in [1.29, 1.82) is 0 Å². The first-order valence-corrected chi connectivity index (χ1v) is 16.1. The monoisotopic (exact) mass is 671 g/mol. The van der Waals surface area contributed by atoms with Crippen molar-refractivity contribution in [3.05, 3.63) is 107 Å². The molecule has 0 spiro atoms. The van der Waals surface area contributed by atoms with Crippen molar-refractivity contribution in [2.75, 3.05) is 16.4 Å². The zero-order valence-corrected chi connectivity index (χ0v) is 25.8. The largest absolute Gasteiger partial charge is 0.482 e. The van der Waals surface area contributed by atoms with E-state index in [9.17, 15) is 32.4 Å². The first-order chi connectivity index (χ1) is 22.5. The minimum absolute atomic E-state index is 0.0195. The highest BCUT2D eigenvalue weighted by molar-refractivity contribution is 7.91. The fraction of sp³-hybridized carbons (Fsp3) is 0.121. The number of carbonyl (C=O) groups excluding carboxylic acids is 5. The summed E-state index contributed by atoms with van der Waals surface area (Å²) in [6, 6.07) is 21.2. The molecule has 0 saturated carbocycles. The first-order valence-electron chi connectivity index (χ1n) is 14.2. The molecule has 236 valence electrons. The van der Waals surface area contributed by atoms with E-state index in [4.69, 9.17) is 21.2 Å². The summed E-state index contributed by atoms with van der Waals surface area (Å²) < 4.78 is 33.0. The molecule has 0 aliphatic carbocycles. The van der Waals surface area contributed by atoms with Crippen LogP contribution in [0.3, 0.4) is 0 Å². The highest BCUT2D eigenvalue weighted by Gasteiger charge is 2.37. The van der Waals surface area contributed by atoms with E-state index in [2.05, 4.69) is 0 Å². The van der Waals surface area contributed by atoms with Gasteiger partial charge in [0.25, 0.3) is 23.6 Å². The molecule has 0 aromatic heterocycles. The van der Waals surface area contributed by atoms with E-state index in [-0.39, 0.29) is 56.8 Å². The second-order valence-electron chi connectivity index (χ2n) is 10.9. The fourth-order valence-electron chi connectivity index (χ4n) is 5.67. The second kappa shape index (κ2) is 11.4. The Morgan fingerprint density at radius 1 is 0.787 bits per heavy atom. The maximum absolute atomic E-state index is 14.2. The smallest absolute Gasteiger partial charge is 0.370 e. The van der Waals surface area contributed by atoms with Crippen LogP contribution in [0.5, 0.6) is 5.75 Å². The van der Waals surface area contributed by atoms with Gasteiger partial charge in [0.15, 0.2) is 6.61 Å². The van der Waals surface area contributed by atoms with Crippen LogP contribution in [0.25, 0.3) is 0 Å². The summed E-state index contributed by atoms with van der Waals surface area (Å²) in [6.45, 7) is -0.625. The molecular weight excluding hydrogens is 650 g/mol. The van der Waals surface area contributed by atoms with E-state index in [1.807, 2.05) is 0 Å². The number of anilines is 3. The number of nitrogens with zero attached hydrogens (tertiary/aromatic N) is 3. The number of hydrogen-bond acceptors (Lipinski definition) is 9. The number of benzene rings is 4. The Kier molecular flexibility index (Phi) is 7.29. The lowest BCUT2D eigenvalue weighted by Crippen LogP contribution is -2.33. The van der Waals surface area contributed by atoms with Crippen LogP contribution in [0.1, 0.15) is 39.1 Å². The van der Waals surface area contributed by atoms with E-state index < -0.39 is 46.0 Å². The third kappa shape index (κ3) is 5.28. The van der Waals surface area contributed by atoms with Gasteiger partial charge >= 0.3 is 5.97 Å². The predicted octanol–water partition coefficient (Wildman–Crippen LogP) is 4.61. The van der Waals surface area contributed by atoms with E-state index in [1.54, 1.807) is 42.5 Å². The average molecular weight is 672 g/mol. The summed E-state index contributed by atoms with van der Waals surface area (Å²) in [5.41, 5.74) is 1.51. The van der Waals surface area contributed by atoms with Gasteiger partial charge < -0.3 is 14.5 Å². The molecule has 3 heterocycles. The summed E-state index contributed by atoms with van der Waals surface area (Å²) in [7, 11) is -4.12. The number of carbonyl (C=O) groups is 5. The highest BCUT2D eigenvalue weighted by atomic mass is 35.5. The quantitative estimate of drug-likeness (QED) is 0.277. The molecule has 1 saturated heterocycles. The maximum atomic E-state index is 14.2. The van der Waals surface area contributed by atoms with Gasteiger partial charge in [-0.2, -0.15) is 0 Å². The molecule has 3 aliphatic rings. The summed E-state index contributed by atoms with van der Waals surface area (Å²) in [5, 5.41) is 0.710. The standard InChI is InChI=1S/C33H22ClN3O9S/c34-21-13-19-14-23(16-21)36(22-6-8-24(9-7-22)45-18-31(40)46-37-29(38)11-12-30(37)39)32(41)20-5-10-28-26(15-20)35(17-19)33(42)25-3-1-2-4-27(25)47(28,43)44/h1-10,13-16H,11-12,17-18H2. The van der Waals surface area contributed by atoms with E-state index >= 15 is 0 Å². The molecule has 14 heteroatoms. The average Bonchev–Trinajstić information content (AvgIpc) is 3.34. The van der Waals surface area contributed by atoms with Crippen LogP contribution in [0.2, 0.25) is 5.02 Å². The Morgan fingerprint density at radius 2 is 1.51 bits per heavy atom.